The van der Waals surface area contributed by atoms with E-state index < -0.39 is 0 Å². The zero-order valence-corrected chi connectivity index (χ0v) is 13.9. The van der Waals surface area contributed by atoms with Gasteiger partial charge in [-0.15, -0.1) is 21.5 Å². The standard InChI is InChI=1S/C17H17N5OS/c23-16(11-22-20-17(19-21-22)15-9-4-10-24-15)18-14-8-3-6-12-5-1-2-7-13(12)14/h1-2,4-5,7,9-10,14H,3,6,8,11H2,(H,18,23)/t14-/m0/s1. The Morgan fingerprint density at radius 1 is 1.29 bits per heavy atom. The highest BCUT2D eigenvalue weighted by atomic mass is 32.1. The molecule has 0 spiro atoms. The molecule has 2 heterocycles. The van der Waals surface area contributed by atoms with Gasteiger partial charge < -0.3 is 5.32 Å². The Morgan fingerprint density at radius 2 is 2.21 bits per heavy atom. The molecule has 7 heteroatoms. The molecule has 24 heavy (non-hydrogen) atoms. The summed E-state index contributed by atoms with van der Waals surface area (Å²) in [5.41, 5.74) is 2.55. The number of thiophene rings is 1. The number of nitrogens with zero attached hydrogens (tertiary/aromatic N) is 4. The average molecular weight is 339 g/mol. The number of tetrazole rings is 1. The lowest BCUT2D eigenvalue weighted by molar-refractivity contribution is -0.122. The second-order valence-corrected chi connectivity index (χ2v) is 6.78. The summed E-state index contributed by atoms with van der Waals surface area (Å²) >= 11 is 1.55. The first-order chi connectivity index (χ1) is 11.8. The minimum Gasteiger partial charge on any atom is -0.348 e. The second kappa shape index (κ2) is 6.52. The topological polar surface area (TPSA) is 72.7 Å². The van der Waals surface area contributed by atoms with E-state index in [2.05, 4.69) is 38.9 Å². The molecule has 1 amide bonds. The third-order valence-electron chi connectivity index (χ3n) is 4.18. The van der Waals surface area contributed by atoms with E-state index in [4.69, 9.17) is 0 Å². The maximum atomic E-state index is 12.3. The van der Waals surface area contributed by atoms with Gasteiger partial charge in [-0.3, -0.25) is 4.79 Å². The van der Waals surface area contributed by atoms with Crippen LogP contribution < -0.4 is 5.32 Å². The van der Waals surface area contributed by atoms with Crippen LogP contribution in [0.1, 0.15) is 30.0 Å². The quantitative estimate of drug-likeness (QED) is 0.793. The highest BCUT2D eigenvalue weighted by Crippen LogP contribution is 2.29. The number of rotatable bonds is 4. The smallest absolute Gasteiger partial charge is 0.244 e. The summed E-state index contributed by atoms with van der Waals surface area (Å²) < 4.78 is 0. The fraction of sp³-hybridized carbons (Fsp3) is 0.294. The minimum absolute atomic E-state index is 0.0720. The summed E-state index contributed by atoms with van der Waals surface area (Å²) in [5, 5.41) is 17.3. The van der Waals surface area contributed by atoms with Crippen LogP contribution in [0.4, 0.5) is 0 Å². The van der Waals surface area contributed by atoms with Gasteiger partial charge in [-0.05, 0) is 47.0 Å². The van der Waals surface area contributed by atoms with Crippen molar-refractivity contribution in [1.82, 2.24) is 25.5 Å². The van der Waals surface area contributed by atoms with Gasteiger partial charge in [0.15, 0.2) is 0 Å². The Morgan fingerprint density at radius 3 is 3.08 bits per heavy atom. The van der Waals surface area contributed by atoms with Crippen LogP contribution in [0.25, 0.3) is 10.7 Å². The fourth-order valence-corrected chi connectivity index (χ4v) is 3.73. The van der Waals surface area contributed by atoms with Crippen molar-refractivity contribution in [2.75, 3.05) is 0 Å². The van der Waals surface area contributed by atoms with E-state index in [0.29, 0.717) is 5.82 Å². The van der Waals surface area contributed by atoms with E-state index in [1.807, 2.05) is 23.6 Å². The van der Waals surface area contributed by atoms with Gasteiger partial charge in [-0.2, -0.15) is 4.80 Å². The largest absolute Gasteiger partial charge is 0.348 e. The zero-order valence-electron chi connectivity index (χ0n) is 13.1. The van der Waals surface area contributed by atoms with Gasteiger partial charge in [0.05, 0.1) is 10.9 Å². The van der Waals surface area contributed by atoms with Crippen LogP contribution in [0.3, 0.4) is 0 Å². The molecule has 1 aliphatic carbocycles. The molecule has 1 N–H and O–H groups in total. The monoisotopic (exact) mass is 339 g/mol. The Kier molecular flexibility index (Phi) is 4.08. The molecule has 4 rings (SSSR count). The van der Waals surface area contributed by atoms with Crippen molar-refractivity contribution in [1.29, 1.82) is 0 Å². The first kappa shape index (κ1) is 15.0. The van der Waals surface area contributed by atoms with Crippen molar-refractivity contribution in [2.45, 2.75) is 31.8 Å². The van der Waals surface area contributed by atoms with E-state index in [9.17, 15) is 4.79 Å². The molecule has 3 aromatic rings. The van der Waals surface area contributed by atoms with Crippen molar-refractivity contribution in [3.63, 3.8) is 0 Å². The number of nitrogens with one attached hydrogen (secondary N) is 1. The van der Waals surface area contributed by atoms with Crippen LogP contribution in [0.5, 0.6) is 0 Å². The number of carbonyl (C=O) groups excluding carboxylic acids is 1. The Balaban J connectivity index is 1.43. The summed E-state index contributed by atoms with van der Waals surface area (Å²) in [6, 6.07) is 12.3. The zero-order chi connectivity index (χ0) is 16.4. The van der Waals surface area contributed by atoms with Gasteiger partial charge in [0.2, 0.25) is 11.7 Å². The Hall–Kier alpha value is -2.54. The van der Waals surface area contributed by atoms with Crippen LogP contribution in [0.15, 0.2) is 41.8 Å². The molecule has 6 nitrogen and oxygen atoms in total. The molecular weight excluding hydrogens is 322 g/mol. The van der Waals surface area contributed by atoms with Gasteiger partial charge in [0.25, 0.3) is 0 Å². The first-order valence-corrected chi connectivity index (χ1v) is 8.86. The minimum atomic E-state index is -0.0909. The number of benzene rings is 1. The summed E-state index contributed by atoms with van der Waals surface area (Å²) in [7, 11) is 0. The first-order valence-electron chi connectivity index (χ1n) is 7.98. The fourth-order valence-electron chi connectivity index (χ4n) is 3.09. The normalized spacial score (nSPS) is 16.6. The van der Waals surface area contributed by atoms with Crippen LogP contribution in [-0.2, 0) is 17.8 Å². The molecule has 0 aliphatic heterocycles. The average Bonchev–Trinajstić information content (AvgIpc) is 3.26. The summed E-state index contributed by atoms with van der Waals surface area (Å²) in [4.78, 5) is 14.6. The van der Waals surface area contributed by atoms with Gasteiger partial charge in [0, 0.05) is 0 Å². The highest BCUT2D eigenvalue weighted by Gasteiger charge is 2.21. The molecule has 1 aromatic carbocycles. The van der Waals surface area contributed by atoms with Gasteiger partial charge >= 0.3 is 0 Å². The number of hydrogen-bond acceptors (Lipinski definition) is 5. The van der Waals surface area contributed by atoms with Crippen molar-refractivity contribution < 1.29 is 4.79 Å². The molecule has 2 aromatic heterocycles. The second-order valence-electron chi connectivity index (χ2n) is 5.83. The highest BCUT2D eigenvalue weighted by molar-refractivity contribution is 7.13. The number of hydrogen-bond donors (Lipinski definition) is 1. The Bertz CT molecular complexity index is 842. The molecule has 0 saturated carbocycles. The van der Waals surface area contributed by atoms with Gasteiger partial charge in [-0.1, -0.05) is 30.3 Å². The van der Waals surface area contributed by atoms with Crippen molar-refractivity contribution in [3.8, 4) is 10.7 Å². The van der Waals surface area contributed by atoms with Crippen LogP contribution in [-0.4, -0.2) is 26.1 Å². The summed E-state index contributed by atoms with van der Waals surface area (Å²) in [5.74, 6) is 0.465. The number of aryl methyl sites for hydroxylation is 1. The molecule has 0 unspecified atom stereocenters. The number of carbonyl (C=O) groups is 1. The maximum absolute atomic E-state index is 12.3. The molecule has 0 saturated heterocycles. The lowest BCUT2D eigenvalue weighted by atomic mass is 9.88. The van der Waals surface area contributed by atoms with E-state index >= 15 is 0 Å². The molecule has 1 aliphatic rings. The number of aromatic nitrogens is 4. The predicted octanol–water partition coefficient (Wildman–Crippen LogP) is 2.60. The van der Waals surface area contributed by atoms with Gasteiger partial charge in [0.1, 0.15) is 6.54 Å². The third-order valence-corrected chi connectivity index (χ3v) is 5.05. The lowest BCUT2D eigenvalue weighted by Crippen LogP contribution is -2.34. The molecule has 122 valence electrons. The van der Waals surface area contributed by atoms with Crippen LogP contribution >= 0.6 is 11.3 Å². The molecule has 0 bridgehead atoms. The van der Waals surface area contributed by atoms with Gasteiger partial charge in [-0.25, -0.2) is 0 Å². The summed E-state index contributed by atoms with van der Waals surface area (Å²) in [6.45, 7) is 0.0804. The van der Waals surface area contributed by atoms with Crippen molar-refractivity contribution >= 4 is 17.2 Å². The SMILES string of the molecule is O=C(Cn1nnc(-c2cccs2)n1)N[C@H]1CCCc2ccccc21. The maximum Gasteiger partial charge on any atom is 0.244 e. The number of amides is 1. The van der Waals surface area contributed by atoms with Crippen LogP contribution in [0.2, 0.25) is 0 Å². The van der Waals surface area contributed by atoms with Crippen molar-refractivity contribution in [3.05, 3.63) is 52.9 Å². The van der Waals surface area contributed by atoms with E-state index in [1.54, 1.807) is 11.3 Å². The van der Waals surface area contributed by atoms with Crippen molar-refractivity contribution in [2.24, 2.45) is 0 Å². The predicted molar refractivity (Wildman–Crippen MR) is 91.4 cm³/mol. The molecule has 0 fully saturated rings. The van der Waals surface area contributed by atoms with E-state index in [-0.39, 0.29) is 18.5 Å². The number of fused-ring (bicyclic) bond motifs is 1. The molecular formula is C17H17N5OS. The molecule has 0 radical (unpaired) electrons. The van der Waals surface area contributed by atoms with E-state index in [1.165, 1.54) is 15.9 Å². The van der Waals surface area contributed by atoms with E-state index in [0.717, 1.165) is 24.1 Å². The Labute approximate surface area is 143 Å². The molecule has 1 atom stereocenters. The lowest BCUT2D eigenvalue weighted by Gasteiger charge is -2.26. The summed E-state index contributed by atoms with van der Waals surface area (Å²) in [6.07, 6.45) is 3.14. The van der Waals surface area contributed by atoms with Crippen LogP contribution in [0, 0.1) is 0 Å². The third kappa shape index (κ3) is 3.07.